The molecule has 0 aliphatic heterocycles. The van der Waals surface area contributed by atoms with Crippen molar-refractivity contribution in [2.75, 3.05) is 12.5 Å². The Labute approximate surface area is 178 Å². The number of fused-ring (bicyclic) bond motifs is 2. The second-order valence-corrected chi connectivity index (χ2v) is 7.70. The first-order valence-corrected chi connectivity index (χ1v) is 10.6. The molecule has 0 amide bonds. The molecular formula is C24H23ClN2O3. The summed E-state index contributed by atoms with van der Waals surface area (Å²) in [7, 11) is 0. The summed E-state index contributed by atoms with van der Waals surface area (Å²) in [6.45, 7) is 0.0419. The van der Waals surface area contributed by atoms with E-state index in [-0.39, 0.29) is 17.7 Å². The number of nitrogens with one attached hydrogen (secondary N) is 2. The van der Waals surface area contributed by atoms with Gasteiger partial charge in [0.2, 0.25) is 0 Å². The zero-order valence-corrected chi connectivity index (χ0v) is 17.3. The van der Waals surface area contributed by atoms with Gasteiger partial charge in [0.1, 0.15) is 0 Å². The molecular weight excluding hydrogens is 400 g/mol. The third kappa shape index (κ3) is 3.66. The van der Waals surface area contributed by atoms with Gasteiger partial charge < -0.3 is 15.1 Å². The smallest absolute Gasteiger partial charge is 0.256 e. The van der Waals surface area contributed by atoms with Crippen LogP contribution in [-0.4, -0.2) is 27.6 Å². The van der Waals surface area contributed by atoms with Crippen molar-refractivity contribution >= 4 is 33.1 Å². The molecule has 0 spiro atoms. The molecule has 6 heteroatoms. The number of benzene rings is 2. The van der Waals surface area contributed by atoms with Crippen LogP contribution in [0.4, 0.5) is 0 Å². The number of hydrogen-bond donors (Lipinski definition) is 3. The van der Waals surface area contributed by atoms with Crippen molar-refractivity contribution in [3.05, 3.63) is 80.4 Å². The van der Waals surface area contributed by atoms with Gasteiger partial charge in [-0.1, -0.05) is 36.4 Å². The first-order valence-electron chi connectivity index (χ1n) is 10.1. The Morgan fingerprint density at radius 1 is 0.700 bits per heavy atom. The summed E-state index contributed by atoms with van der Waals surface area (Å²) in [5, 5.41) is 12.3. The largest absolute Gasteiger partial charge is 0.396 e. The average Bonchev–Trinajstić information content (AvgIpc) is 2.78. The topological polar surface area (TPSA) is 86.0 Å². The third-order valence-corrected chi connectivity index (χ3v) is 5.74. The summed E-state index contributed by atoms with van der Waals surface area (Å²) in [6, 6.07) is 14.9. The first-order chi connectivity index (χ1) is 14.7. The lowest BCUT2D eigenvalue weighted by molar-refractivity contribution is 0.289. The van der Waals surface area contributed by atoms with Gasteiger partial charge in [-0.25, -0.2) is 0 Å². The Kier molecular flexibility index (Phi) is 6.02. The molecule has 0 unspecified atom stereocenters. The zero-order valence-electron chi connectivity index (χ0n) is 16.5. The zero-order chi connectivity index (χ0) is 21.1. The molecule has 2 aromatic carbocycles. The number of H-pyrrole nitrogens is 2. The number of rotatable bonds is 7. The Bertz CT molecular complexity index is 1220. The summed E-state index contributed by atoms with van der Waals surface area (Å²) >= 11 is 5.98. The van der Waals surface area contributed by atoms with E-state index in [0.717, 1.165) is 28.3 Å². The normalized spacial score (nSPS) is 11.4. The van der Waals surface area contributed by atoms with Crippen LogP contribution in [0.1, 0.15) is 24.0 Å². The lowest BCUT2D eigenvalue weighted by Crippen LogP contribution is -2.16. The van der Waals surface area contributed by atoms with Gasteiger partial charge in [-0.2, -0.15) is 0 Å². The predicted octanol–water partition coefficient (Wildman–Crippen LogP) is 4.13. The minimum atomic E-state index is -0.203. The van der Waals surface area contributed by atoms with Crippen LogP contribution in [0.5, 0.6) is 0 Å². The summed E-state index contributed by atoms with van der Waals surface area (Å²) in [4.78, 5) is 31.7. The Balaban J connectivity index is 2.09. The Hall–Kier alpha value is -2.89. The molecule has 0 saturated heterocycles. The molecule has 4 aromatic rings. The van der Waals surface area contributed by atoms with E-state index in [1.54, 1.807) is 12.1 Å². The molecule has 0 aliphatic rings. The van der Waals surface area contributed by atoms with Crippen LogP contribution in [0.3, 0.4) is 0 Å². The molecule has 0 atom stereocenters. The molecule has 2 heterocycles. The van der Waals surface area contributed by atoms with Gasteiger partial charge in [-0.15, -0.1) is 11.6 Å². The van der Waals surface area contributed by atoms with E-state index in [1.807, 2.05) is 36.4 Å². The van der Waals surface area contributed by atoms with Crippen LogP contribution in [0.15, 0.2) is 58.1 Å². The molecule has 4 rings (SSSR count). The van der Waals surface area contributed by atoms with E-state index in [4.69, 9.17) is 11.6 Å². The van der Waals surface area contributed by atoms with Gasteiger partial charge in [0.15, 0.2) is 0 Å². The number of aromatic amines is 2. The molecule has 30 heavy (non-hydrogen) atoms. The molecule has 0 radical (unpaired) electrons. The molecule has 3 N–H and O–H groups in total. The van der Waals surface area contributed by atoms with Crippen LogP contribution in [-0.2, 0) is 12.8 Å². The van der Waals surface area contributed by atoms with Gasteiger partial charge in [0.05, 0.1) is 11.4 Å². The maximum atomic E-state index is 12.9. The molecule has 0 fully saturated rings. The minimum absolute atomic E-state index is 0.0419. The highest BCUT2D eigenvalue weighted by Crippen LogP contribution is 2.31. The number of aliphatic hydroxyl groups excluding tert-OH is 1. The summed E-state index contributed by atoms with van der Waals surface area (Å²) in [5.74, 6) is 0.499. The monoisotopic (exact) mass is 422 g/mol. The number of aromatic nitrogens is 2. The lowest BCUT2D eigenvalue weighted by atomic mass is 9.93. The van der Waals surface area contributed by atoms with Gasteiger partial charge in [0.25, 0.3) is 11.1 Å². The van der Waals surface area contributed by atoms with Crippen molar-refractivity contribution in [1.82, 2.24) is 9.97 Å². The van der Waals surface area contributed by atoms with Crippen LogP contribution in [0.2, 0.25) is 0 Å². The fourth-order valence-electron chi connectivity index (χ4n) is 4.12. The highest BCUT2D eigenvalue weighted by atomic mass is 35.5. The number of hydrogen-bond acceptors (Lipinski definition) is 3. The van der Waals surface area contributed by atoms with E-state index in [9.17, 15) is 14.7 Å². The van der Waals surface area contributed by atoms with E-state index < -0.39 is 0 Å². The van der Waals surface area contributed by atoms with Crippen LogP contribution in [0, 0.1) is 0 Å². The second-order valence-electron chi connectivity index (χ2n) is 7.33. The van der Waals surface area contributed by atoms with Crippen molar-refractivity contribution in [2.45, 2.75) is 25.7 Å². The average molecular weight is 423 g/mol. The van der Waals surface area contributed by atoms with Crippen LogP contribution < -0.4 is 11.1 Å². The number of halogens is 1. The fraction of sp³-hybridized carbons (Fsp3) is 0.250. The Morgan fingerprint density at radius 2 is 1.13 bits per heavy atom. The Morgan fingerprint density at radius 3 is 1.57 bits per heavy atom. The van der Waals surface area contributed by atoms with Gasteiger partial charge in [-0.05, 0) is 59.7 Å². The summed E-state index contributed by atoms with van der Waals surface area (Å²) in [5.41, 5.74) is 2.71. The van der Waals surface area contributed by atoms with Gasteiger partial charge >= 0.3 is 0 Å². The van der Waals surface area contributed by atoms with Crippen molar-refractivity contribution in [2.24, 2.45) is 0 Å². The maximum Gasteiger partial charge on any atom is 0.256 e. The van der Waals surface area contributed by atoms with Crippen molar-refractivity contribution in [1.29, 1.82) is 0 Å². The van der Waals surface area contributed by atoms with E-state index in [2.05, 4.69) is 9.97 Å². The lowest BCUT2D eigenvalue weighted by Gasteiger charge is -2.17. The molecule has 0 aliphatic carbocycles. The molecule has 0 saturated carbocycles. The second kappa shape index (κ2) is 8.86. The van der Waals surface area contributed by atoms with E-state index in [0.29, 0.717) is 47.3 Å². The van der Waals surface area contributed by atoms with Crippen molar-refractivity contribution in [3.63, 3.8) is 0 Å². The summed E-state index contributed by atoms with van der Waals surface area (Å²) in [6.07, 6.45) is 2.55. The van der Waals surface area contributed by atoms with E-state index >= 15 is 0 Å². The molecule has 0 bridgehead atoms. The highest BCUT2D eigenvalue weighted by Gasteiger charge is 2.19. The number of aliphatic hydroxyl groups is 1. The third-order valence-electron chi connectivity index (χ3n) is 5.47. The predicted molar refractivity (Wildman–Crippen MR) is 123 cm³/mol. The standard InChI is InChI=1S/C24H23ClN2O3/c25-13-5-11-17-15-7-1-3-9-19(15)23(29)26-21(17)22-18(12-6-14-28)16-8-2-4-10-20(16)24(30)27-22/h1-4,7-10,28H,5-6,11-14H2,(H,26,29)(H,27,30). The number of aryl methyl sites for hydroxylation is 2. The highest BCUT2D eigenvalue weighted by molar-refractivity contribution is 6.17. The molecule has 154 valence electrons. The van der Waals surface area contributed by atoms with Crippen molar-refractivity contribution < 1.29 is 5.11 Å². The van der Waals surface area contributed by atoms with Crippen LogP contribution in [0.25, 0.3) is 32.9 Å². The molecule has 2 aromatic heterocycles. The SMILES string of the molecule is O=c1[nH]c(-c2[nH]c(=O)c3ccccc3c2CCCCl)c(CCCO)c2ccccc12. The maximum absolute atomic E-state index is 12.9. The van der Waals surface area contributed by atoms with Crippen LogP contribution >= 0.6 is 11.6 Å². The van der Waals surface area contributed by atoms with E-state index in [1.165, 1.54) is 0 Å². The molecule has 5 nitrogen and oxygen atoms in total. The van der Waals surface area contributed by atoms with Crippen molar-refractivity contribution in [3.8, 4) is 11.4 Å². The quantitative estimate of drug-likeness (QED) is 0.391. The summed E-state index contributed by atoms with van der Waals surface area (Å²) < 4.78 is 0. The first kappa shape index (κ1) is 20.4. The van der Waals surface area contributed by atoms with Gasteiger partial charge in [-0.3, -0.25) is 9.59 Å². The number of pyridine rings is 2. The fourth-order valence-corrected chi connectivity index (χ4v) is 4.25. The minimum Gasteiger partial charge on any atom is -0.396 e. The van der Waals surface area contributed by atoms with Gasteiger partial charge in [0, 0.05) is 23.3 Å². The number of alkyl halides is 1.